The van der Waals surface area contributed by atoms with E-state index < -0.39 is 16.4 Å². The molecular weight excluding hydrogens is 228 g/mol. The third kappa shape index (κ3) is 10.9. The maximum absolute atomic E-state index is 5.65. The zero-order valence-corrected chi connectivity index (χ0v) is 12.9. The highest BCUT2D eigenvalue weighted by Crippen LogP contribution is 2.25. The van der Waals surface area contributed by atoms with E-state index in [1.807, 2.05) is 7.11 Å². The Kier molecular flexibility index (Phi) is 12.8. The maximum atomic E-state index is 5.65. The summed E-state index contributed by atoms with van der Waals surface area (Å²) in [6.07, 6.45) is 4.19. The van der Waals surface area contributed by atoms with Crippen molar-refractivity contribution in [2.24, 2.45) is 0 Å². The van der Waals surface area contributed by atoms with Crippen molar-refractivity contribution < 1.29 is 4.43 Å². The highest BCUT2D eigenvalue weighted by atomic mass is 28.4. The van der Waals surface area contributed by atoms with Gasteiger partial charge in [-0.15, -0.1) is 0 Å². The standard InChI is InChI=1S/C11H28OSi2.2CH4/c1-7-8-9-10-13(3,4)11-14(5,6)12-2;;/h7-11H2,1-6H3;2*1H4. The van der Waals surface area contributed by atoms with Crippen LogP contribution in [-0.4, -0.2) is 23.5 Å². The fourth-order valence-electron chi connectivity index (χ4n) is 2.17. The zero-order valence-electron chi connectivity index (χ0n) is 10.9. The van der Waals surface area contributed by atoms with Gasteiger partial charge in [0.2, 0.25) is 0 Å². The summed E-state index contributed by atoms with van der Waals surface area (Å²) < 4.78 is 5.65. The molecule has 0 atom stereocenters. The van der Waals surface area contributed by atoms with E-state index in [2.05, 4.69) is 33.1 Å². The molecule has 0 aliphatic carbocycles. The minimum atomic E-state index is -1.31. The average Bonchev–Trinajstić information content (AvgIpc) is 2.03. The van der Waals surface area contributed by atoms with Crippen molar-refractivity contribution in [3.8, 4) is 0 Å². The van der Waals surface area contributed by atoms with Crippen molar-refractivity contribution in [3.63, 3.8) is 0 Å². The third-order valence-electron chi connectivity index (χ3n) is 2.91. The molecule has 0 bridgehead atoms. The van der Waals surface area contributed by atoms with Crippen LogP contribution in [0.25, 0.3) is 0 Å². The van der Waals surface area contributed by atoms with Crippen LogP contribution in [0.3, 0.4) is 0 Å². The molecule has 0 saturated carbocycles. The molecule has 0 aliphatic rings. The second-order valence-corrected chi connectivity index (χ2v) is 15.9. The topological polar surface area (TPSA) is 9.23 Å². The molecule has 102 valence electrons. The molecule has 0 aromatic carbocycles. The Hall–Kier alpha value is 0.394. The Morgan fingerprint density at radius 1 is 0.938 bits per heavy atom. The van der Waals surface area contributed by atoms with Gasteiger partial charge in [0.25, 0.3) is 0 Å². The monoisotopic (exact) mass is 264 g/mol. The molecule has 0 amide bonds. The van der Waals surface area contributed by atoms with Gasteiger partial charge < -0.3 is 4.43 Å². The molecule has 0 spiro atoms. The van der Waals surface area contributed by atoms with Gasteiger partial charge in [0.05, 0.1) is 0 Å². The smallest absolute Gasteiger partial charge is 0.183 e. The van der Waals surface area contributed by atoms with Gasteiger partial charge in [-0.2, -0.15) is 0 Å². The summed E-state index contributed by atoms with van der Waals surface area (Å²) in [6, 6.07) is 1.49. The lowest BCUT2D eigenvalue weighted by Crippen LogP contribution is -2.41. The van der Waals surface area contributed by atoms with Crippen LogP contribution in [0.15, 0.2) is 0 Å². The van der Waals surface area contributed by atoms with Gasteiger partial charge in [-0.05, 0) is 18.8 Å². The van der Waals surface area contributed by atoms with Crippen LogP contribution < -0.4 is 0 Å². The minimum absolute atomic E-state index is 0. The summed E-state index contributed by atoms with van der Waals surface area (Å²) in [5.74, 6) is 0. The fraction of sp³-hybridized carbons (Fsp3) is 1.00. The van der Waals surface area contributed by atoms with Gasteiger partial charge in [0.15, 0.2) is 8.32 Å². The molecule has 0 unspecified atom stereocenters. The van der Waals surface area contributed by atoms with Gasteiger partial charge >= 0.3 is 0 Å². The first-order chi connectivity index (χ1) is 6.33. The molecule has 0 radical (unpaired) electrons. The predicted octanol–water partition coefficient (Wildman–Crippen LogP) is 5.55. The van der Waals surface area contributed by atoms with Crippen LogP contribution in [0, 0.1) is 0 Å². The Morgan fingerprint density at radius 2 is 1.44 bits per heavy atom. The summed E-state index contributed by atoms with van der Waals surface area (Å²) >= 11 is 0. The largest absolute Gasteiger partial charge is 0.421 e. The van der Waals surface area contributed by atoms with E-state index in [-0.39, 0.29) is 14.9 Å². The Balaban J connectivity index is -0.000000845. The molecule has 3 heteroatoms. The Labute approximate surface area is 107 Å². The van der Waals surface area contributed by atoms with Crippen LogP contribution in [0.2, 0.25) is 37.9 Å². The highest BCUT2D eigenvalue weighted by Gasteiger charge is 2.31. The number of rotatable bonds is 7. The van der Waals surface area contributed by atoms with E-state index in [1.54, 1.807) is 0 Å². The number of hydrogen-bond acceptors (Lipinski definition) is 1. The van der Waals surface area contributed by atoms with Crippen molar-refractivity contribution in [2.45, 2.75) is 78.9 Å². The summed E-state index contributed by atoms with van der Waals surface area (Å²) in [6.45, 7) is 12.0. The lowest BCUT2D eigenvalue weighted by atomic mass is 10.3. The Morgan fingerprint density at radius 3 is 1.81 bits per heavy atom. The molecule has 0 fully saturated rings. The molecule has 0 saturated heterocycles. The molecule has 0 N–H and O–H groups in total. The maximum Gasteiger partial charge on any atom is 0.183 e. The second-order valence-electron chi connectivity index (χ2n) is 5.76. The van der Waals surface area contributed by atoms with Gasteiger partial charge in [-0.25, -0.2) is 0 Å². The van der Waals surface area contributed by atoms with Crippen LogP contribution in [0.1, 0.15) is 41.0 Å². The molecule has 0 heterocycles. The van der Waals surface area contributed by atoms with Gasteiger partial charge in [0, 0.05) is 15.2 Å². The third-order valence-corrected chi connectivity index (χ3v) is 13.0. The molecule has 0 aromatic rings. The number of hydrogen-bond donors (Lipinski definition) is 0. The van der Waals surface area contributed by atoms with E-state index in [0.717, 1.165) is 0 Å². The first-order valence-electron chi connectivity index (χ1n) is 5.88. The molecule has 1 nitrogen and oxygen atoms in total. The summed E-state index contributed by atoms with van der Waals surface area (Å²) in [4.78, 5) is 0. The summed E-state index contributed by atoms with van der Waals surface area (Å²) in [5.41, 5.74) is 1.42. The first-order valence-corrected chi connectivity index (χ1v) is 12.4. The van der Waals surface area contributed by atoms with Crippen molar-refractivity contribution in [3.05, 3.63) is 0 Å². The fourth-order valence-corrected chi connectivity index (χ4v) is 13.9. The molecule has 16 heavy (non-hydrogen) atoms. The minimum Gasteiger partial charge on any atom is -0.421 e. The van der Waals surface area contributed by atoms with Crippen LogP contribution in [0.5, 0.6) is 0 Å². The van der Waals surface area contributed by atoms with Crippen molar-refractivity contribution in [1.29, 1.82) is 0 Å². The normalized spacial score (nSPS) is 11.6. The lowest BCUT2D eigenvalue weighted by molar-refractivity contribution is 0.408. The number of unbranched alkanes of at least 4 members (excludes halogenated alkanes) is 2. The van der Waals surface area contributed by atoms with Crippen LogP contribution >= 0.6 is 0 Å². The zero-order chi connectivity index (χ0) is 11.2. The molecule has 0 rings (SSSR count). The van der Waals surface area contributed by atoms with Crippen molar-refractivity contribution >= 4 is 16.4 Å². The van der Waals surface area contributed by atoms with Gasteiger partial charge in [0.1, 0.15) is 0 Å². The van der Waals surface area contributed by atoms with Crippen LogP contribution in [0.4, 0.5) is 0 Å². The van der Waals surface area contributed by atoms with Gasteiger partial charge in [-0.1, -0.05) is 60.2 Å². The molecule has 0 aromatic heterocycles. The van der Waals surface area contributed by atoms with Crippen molar-refractivity contribution in [2.75, 3.05) is 7.11 Å². The lowest BCUT2D eigenvalue weighted by Gasteiger charge is -2.30. The quantitative estimate of drug-likeness (QED) is 0.433. The molecule has 0 aliphatic heterocycles. The predicted molar refractivity (Wildman–Crippen MR) is 84.6 cm³/mol. The van der Waals surface area contributed by atoms with E-state index in [0.29, 0.717) is 0 Å². The Bertz CT molecular complexity index is 156. The SMILES string of the molecule is C.C.CCCCC[Si](C)(C)C[Si](C)(C)OC. The first kappa shape index (κ1) is 21.7. The second kappa shape index (κ2) is 9.43. The molecular formula is C13H36OSi2. The van der Waals surface area contributed by atoms with E-state index in [9.17, 15) is 0 Å². The summed E-state index contributed by atoms with van der Waals surface area (Å²) in [7, 11) is -0.380. The van der Waals surface area contributed by atoms with E-state index >= 15 is 0 Å². The van der Waals surface area contributed by atoms with E-state index in [4.69, 9.17) is 4.43 Å². The van der Waals surface area contributed by atoms with Crippen LogP contribution in [-0.2, 0) is 4.43 Å². The van der Waals surface area contributed by atoms with Crippen molar-refractivity contribution in [1.82, 2.24) is 0 Å². The average molecular weight is 265 g/mol. The highest BCUT2D eigenvalue weighted by molar-refractivity contribution is 6.92. The van der Waals surface area contributed by atoms with E-state index in [1.165, 1.54) is 31.0 Å². The van der Waals surface area contributed by atoms with Gasteiger partial charge in [-0.3, -0.25) is 0 Å². The summed E-state index contributed by atoms with van der Waals surface area (Å²) in [5, 5.41) is 0.